The van der Waals surface area contributed by atoms with Crippen LogP contribution in [0.1, 0.15) is 6.42 Å². The Hall–Kier alpha value is -1.69. The monoisotopic (exact) mass is 242 g/mol. The van der Waals surface area contributed by atoms with Crippen molar-refractivity contribution in [2.75, 3.05) is 11.4 Å². The van der Waals surface area contributed by atoms with Crippen LogP contribution in [0.3, 0.4) is 0 Å². The molecule has 0 radical (unpaired) electrons. The molecular weight excluding hydrogens is 230 g/mol. The zero-order valence-corrected chi connectivity index (χ0v) is 8.98. The van der Waals surface area contributed by atoms with Crippen LogP contribution < -0.4 is 15.4 Å². The first kappa shape index (κ1) is 11.8. The molecule has 17 heavy (non-hydrogen) atoms. The van der Waals surface area contributed by atoms with E-state index in [1.807, 2.05) is 0 Å². The van der Waals surface area contributed by atoms with Crippen LogP contribution >= 0.6 is 0 Å². The number of rotatable bonds is 3. The minimum absolute atomic E-state index is 0.00931. The molecule has 92 valence electrons. The van der Waals surface area contributed by atoms with Crippen molar-refractivity contribution in [3.8, 4) is 5.75 Å². The first-order valence-electron chi connectivity index (χ1n) is 5.20. The van der Waals surface area contributed by atoms with Gasteiger partial charge in [0.25, 0.3) is 0 Å². The molecule has 0 saturated carbocycles. The van der Waals surface area contributed by atoms with E-state index in [9.17, 15) is 13.6 Å². The summed E-state index contributed by atoms with van der Waals surface area (Å²) < 4.78 is 28.8. The van der Waals surface area contributed by atoms with Gasteiger partial charge in [0.05, 0.1) is 11.7 Å². The third-order valence-electron chi connectivity index (χ3n) is 2.62. The number of anilines is 1. The molecule has 1 atom stereocenters. The fourth-order valence-electron chi connectivity index (χ4n) is 1.82. The molecule has 1 aliphatic rings. The summed E-state index contributed by atoms with van der Waals surface area (Å²) in [5, 5.41) is 0. The molecular formula is C11H12F2N2O2. The average molecular weight is 242 g/mol. The maximum absolute atomic E-state index is 12.2. The molecule has 0 aliphatic carbocycles. The lowest BCUT2D eigenvalue weighted by molar-refractivity contribution is -0.118. The van der Waals surface area contributed by atoms with Crippen LogP contribution in [0.4, 0.5) is 14.5 Å². The summed E-state index contributed by atoms with van der Waals surface area (Å²) in [4.78, 5) is 13.1. The van der Waals surface area contributed by atoms with Gasteiger partial charge in [0.15, 0.2) is 0 Å². The summed E-state index contributed by atoms with van der Waals surface area (Å²) in [6, 6.07) is 5.63. The fourth-order valence-corrected chi connectivity index (χ4v) is 1.82. The minimum atomic E-state index is -2.91. The lowest BCUT2D eigenvalue weighted by Crippen LogP contribution is -2.34. The third-order valence-corrected chi connectivity index (χ3v) is 2.62. The van der Waals surface area contributed by atoms with Crippen LogP contribution in [-0.4, -0.2) is 25.1 Å². The van der Waals surface area contributed by atoms with Gasteiger partial charge in [-0.2, -0.15) is 8.78 Å². The van der Waals surface area contributed by atoms with E-state index < -0.39 is 12.7 Å². The van der Waals surface area contributed by atoms with Crippen molar-refractivity contribution in [2.24, 2.45) is 5.73 Å². The summed E-state index contributed by atoms with van der Waals surface area (Å²) in [6.45, 7) is -2.49. The molecule has 0 unspecified atom stereocenters. The smallest absolute Gasteiger partial charge is 0.387 e. The topological polar surface area (TPSA) is 55.6 Å². The predicted octanol–water partition coefficient (Wildman–Crippen LogP) is 1.35. The number of benzene rings is 1. The zero-order chi connectivity index (χ0) is 12.4. The number of alkyl halides is 2. The number of para-hydroxylation sites is 2. The number of carbonyl (C=O) groups excluding carboxylic acids is 1. The highest BCUT2D eigenvalue weighted by atomic mass is 19.3. The van der Waals surface area contributed by atoms with Gasteiger partial charge >= 0.3 is 6.61 Å². The summed E-state index contributed by atoms with van der Waals surface area (Å²) in [5.41, 5.74) is 5.92. The van der Waals surface area contributed by atoms with Crippen molar-refractivity contribution in [3.63, 3.8) is 0 Å². The van der Waals surface area contributed by atoms with Crippen LogP contribution in [-0.2, 0) is 4.79 Å². The molecule has 4 nitrogen and oxygen atoms in total. The Kier molecular flexibility index (Phi) is 3.23. The molecule has 0 spiro atoms. The minimum Gasteiger partial charge on any atom is -0.433 e. The number of hydrogen-bond donors (Lipinski definition) is 1. The molecule has 1 aromatic rings. The summed E-state index contributed by atoms with van der Waals surface area (Å²) in [7, 11) is 0. The summed E-state index contributed by atoms with van der Waals surface area (Å²) >= 11 is 0. The number of nitrogens with two attached hydrogens (primary N) is 1. The number of ether oxygens (including phenoxy) is 1. The van der Waals surface area contributed by atoms with Gasteiger partial charge in [-0.25, -0.2) is 0 Å². The van der Waals surface area contributed by atoms with E-state index in [2.05, 4.69) is 4.74 Å². The molecule has 1 amide bonds. The number of halogens is 2. The first-order valence-corrected chi connectivity index (χ1v) is 5.20. The van der Waals surface area contributed by atoms with Gasteiger partial charge in [-0.15, -0.1) is 0 Å². The molecule has 1 saturated heterocycles. The quantitative estimate of drug-likeness (QED) is 0.870. The summed E-state index contributed by atoms with van der Waals surface area (Å²) in [6.07, 6.45) is 0.516. The van der Waals surface area contributed by atoms with E-state index in [0.717, 1.165) is 0 Å². The van der Waals surface area contributed by atoms with E-state index in [4.69, 9.17) is 5.73 Å². The molecule has 2 rings (SSSR count). The van der Waals surface area contributed by atoms with Crippen molar-refractivity contribution in [1.29, 1.82) is 0 Å². The lowest BCUT2D eigenvalue weighted by Gasteiger charge is -2.19. The maximum Gasteiger partial charge on any atom is 0.387 e. The van der Waals surface area contributed by atoms with Crippen LogP contribution in [0.25, 0.3) is 0 Å². The van der Waals surface area contributed by atoms with Gasteiger partial charge in [0, 0.05) is 6.54 Å². The van der Waals surface area contributed by atoms with Gasteiger partial charge in [-0.05, 0) is 18.6 Å². The second-order valence-corrected chi connectivity index (χ2v) is 3.73. The van der Waals surface area contributed by atoms with Crippen LogP contribution in [0.2, 0.25) is 0 Å². The molecule has 6 heteroatoms. The third kappa shape index (κ3) is 2.36. The SMILES string of the molecule is N[C@@H]1CCN(c2ccccc2OC(F)F)C1=O. The highest BCUT2D eigenvalue weighted by Crippen LogP contribution is 2.31. The number of hydrogen-bond acceptors (Lipinski definition) is 3. The highest BCUT2D eigenvalue weighted by Gasteiger charge is 2.31. The molecule has 2 N–H and O–H groups in total. The number of amides is 1. The van der Waals surface area contributed by atoms with Gasteiger partial charge in [-0.1, -0.05) is 12.1 Å². The Balaban J connectivity index is 2.29. The van der Waals surface area contributed by atoms with Crippen molar-refractivity contribution >= 4 is 11.6 Å². The molecule has 1 aliphatic heterocycles. The largest absolute Gasteiger partial charge is 0.433 e. The van der Waals surface area contributed by atoms with Gasteiger partial charge in [0.2, 0.25) is 5.91 Å². The Labute approximate surface area is 97.0 Å². The van der Waals surface area contributed by atoms with E-state index in [1.165, 1.54) is 11.0 Å². The van der Waals surface area contributed by atoms with E-state index >= 15 is 0 Å². The fraction of sp³-hybridized carbons (Fsp3) is 0.364. The number of nitrogens with zero attached hydrogens (tertiary/aromatic N) is 1. The van der Waals surface area contributed by atoms with E-state index in [0.29, 0.717) is 18.7 Å². The zero-order valence-electron chi connectivity index (χ0n) is 8.98. The summed E-state index contributed by atoms with van der Waals surface area (Å²) in [5.74, 6) is -0.278. The molecule has 0 aromatic heterocycles. The Bertz CT molecular complexity index is 426. The second-order valence-electron chi connectivity index (χ2n) is 3.73. The van der Waals surface area contributed by atoms with Crippen molar-refractivity contribution in [3.05, 3.63) is 24.3 Å². The standard InChI is InChI=1S/C11H12F2N2O2/c12-11(13)17-9-4-2-1-3-8(9)15-6-5-7(14)10(15)16/h1-4,7,11H,5-6,14H2/t7-/m1/s1. The Morgan fingerprint density at radius 2 is 2.12 bits per heavy atom. The molecule has 0 bridgehead atoms. The van der Waals surface area contributed by atoms with Crippen LogP contribution in [0.15, 0.2) is 24.3 Å². The van der Waals surface area contributed by atoms with Crippen molar-refractivity contribution < 1.29 is 18.3 Å². The van der Waals surface area contributed by atoms with Gasteiger partial charge in [0.1, 0.15) is 5.75 Å². The first-order chi connectivity index (χ1) is 8.09. The number of carbonyl (C=O) groups is 1. The van der Waals surface area contributed by atoms with Crippen molar-refractivity contribution in [2.45, 2.75) is 19.1 Å². The van der Waals surface area contributed by atoms with Gasteiger partial charge in [-0.3, -0.25) is 4.79 Å². The van der Waals surface area contributed by atoms with Gasteiger partial charge < -0.3 is 15.4 Å². The second kappa shape index (κ2) is 4.67. The van der Waals surface area contributed by atoms with E-state index in [-0.39, 0.29) is 11.7 Å². The Morgan fingerprint density at radius 3 is 2.71 bits per heavy atom. The maximum atomic E-state index is 12.2. The van der Waals surface area contributed by atoms with Crippen molar-refractivity contribution in [1.82, 2.24) is 0 Å². The average Bonchev–Trinajstić information content (AvgIpc) is 2.60. The molecule has 1 fully saturated rings. The van der Waals surface area contributed by atoms with E-state index in [1.54, 1.807) is 18.2 Å². The van der Waals surface area contributed by atoms with Crippen LogP contribution in [0, 0.1) is 0 Å². The van der Waals surface area contributed by atoms with Crippen LogP contribution in [0.5, 0.6) is 5.75 Å². The Morgan fingerprint density at radius 1 is 1.41 bits per heavy atom. The highest BCUT2D eigenvalue weighted by molar-refractivity contribution is 6.00. The predicted molar refractivity (Wildman–Crippen MR) is 58.0 cm³/mol. The molecule has 1 heterocycles. The molecule has 1 aromatic carbocycles. The lowest BCUT2D eigenvalue weighted by atomic mass is 10.2. The normalized spacial score (nSPS) is 20.1.